The summed E-state index contributed by atoms with van der Waals surface area (Å²) in [5.74, 6) is 1.01. The lowest BCUT2D eigenvalue weighted by atomic mass is 10.0. The molecule has 1 atom stereocenters. The van der Waals surface area contributed by atoms with Gasteiger partial charge in [-0.15, -0.1) is 0 Å². The number of anilines is 2. The lowest BCUT2D eigenvalue weighted by molar-refractivity contribution is 0.617. The minimum atomic E-state index is -0.744. The fraction of sp³-hybridized carbons (Fsp3) is 0.455. The van der Waals surface area contributed by atoms with Crippen molar-refractivity contribution in [3.05, 3.63) is 12.7 Å². The first-order chi connectivity index (χ1) is 9.60. The van der Waals surface area contributed by atoms with E-state index < -0.39 is 5.54 Å². The Morgan fingerprint density at radius 2 is 2.10 bits per heavy atom. The lowest BCUT2D eigenvalue weighted by Gasteiger charge is -2.21. The molecule has 0 amide bonds. The van der Waals surface area contributed by atoms with Crippen molar-refractivity contribution >= 4 is 11.9 Å². The van der Waals surface area contributed by atoms with Gasteiger partial charge >= 0.3 is 0 Å². The summed E-state index contributed by atoms with van der Waals surface area (Å²) in [7, 11) is 1.70. The molecule has 0 aliphatic rings. The van der Waals surface area contributed by atoms with Gasteiger partial charge in [-0.25, -0.2) is 4.98 Å². The van der Waals surface area contributed by atoms with Crippen molar-refractivity contribution in [2.24, 2.45) is 0 Å². The van der Waals surface area contributed by atoms with Gasteiger partial charge < -0.3 is 10.6 Å². The molecule has 104 valence electrons. The van der Waals surface area contributed by atoms with Crippen molar-refractivity contribution in [1.29, 1.82) is 5.26 Å². The number of aromatic nitrogens is 6. The van der Waals surface area contributed by atoms with Gasteiger partial charge in [0.25, 0.3) is 5.95 Å². The molecule has 9 heteroatoms. The summed E-state index contributed by atoms with van der Waals surface area (Å²) in [6.45, 7) is 3.69. The summed E-state index contributed by atoms with van der Waals surface area (Å²) in [6.07, 6.45) is 3.49. The van der Waals surface area contributed by atoms with Crippen molar-refractivity contribution in [1.82, 2.24) is 29.7 Å². The SMILES string of the molecule is CCC(C)(C#N)Nc1nc(NC)nc(-n2cncn2)n1. The molecule has 2 rings (SSSR count). The van der Waals surface area contributed by atoms with Crippen LogP contribution >= 0.6 is 0 Å². The van der Waals surface area contributed by atoms with E-state index in [1.54, 1.807) is 14.0 Å². The van der Waals surface area contributed by atoms with Crippen LogP contribution in [0.3, 0.4) is 0 Å². The van der Waals surface area contributed by atoms with Crippen LogP contribution in [-0.2, 0) is 0 Å². The predicted octanol–water partition coefficient (Wildman–Crippen LogP) is 0.598. The van der Waals surface area contributed by atoms with Crippen LogP contribution < -0.4 is 10.6 Å². The molecule has 9 nitrogen and oxygen atoms in total. The first-order valence-electron chi connectivity index (χ1n) is 6.08. The number of rotatable bonds is 5. The van der Waals surface area contributed by atoms with Crippen molar-refractivity contribution in [2.45, 2.75) is 25.8 Å². The first-order valence-corrected chi connectivity index (χ1v) is 6.08. The third-order valence-electron chi connectivity index (χ3n) is 2.81. The molecular formula is C11H15N9. The molecule has 0 saturated carbocycles. The van der Waals surface area contributed by atoms with Crippen molar-refractivity contribution in [3.8, 4) is 12.0 Å². The molecule has 20 heavy (non-hydrogen) atoms. The highest BCUT2D eigenvalue weighted by Gasteiger charge is 2.23. The molecule has 1 unspecified atom stereocenters. The number of hydrogen-bond donors (Lipinski definition) is 2. The maximum Gasteiger partial charge on any atom is 0.258 e. The highest BCUT2D eigenvalue weighted by Crippen LogP contribution is 2.16. The summed E-state index contributed by atoms with van der Waals surface area (Å²) in [5.41, 5.74) is -0.744. The van der Waals surface area contributed by atoms with E-state index in [-0.39, 0.29) is 0 Å². The fourth-order valence-electron chi connectivity index (χ4n) is 1.39. The van der Waals surface area contributed by atoms with Crippen LogP contribution in [0.15, 0.2) is 12.7 Å². The van der Waals surface area contributed by atoms with Gasteiger partial charge in [-0.05, 0) is 13.3 Å². The van der Waals surface area contributed by atoms with Gasteiger partial charge in [-0.2, -0.15) is 30.0 Å². The third kappa shape index (κ3) is 2.80. The van der Waals surface area contributed by atoms with E-state index >= 15 is 0 Å². The molecule has 0 saturated heterocycles. The van der Waals surface area contributed by atoms with Crippen LogP contribution in [0.2, 0.25) is 0 Å². The molecule has 0 bridgehead atoms. The molecule has 0 radical (unpaired) electrons. The number of nitriles is 1. The van der Waals surface area contributed by atoms with Crippen molar-refractivity contribution in [3.63, 3.8) is 0 Å². The van der Waals surface area contributed by atoms with Gasteiger partial charge in [-0.1, -0.05) is 6.92 Å². The summed E-state index contributed by atoms with van der Waals surface area (Å²) in [6, 6.07) is 2.20. The maximum atomic E-state index is 9.20. The molecule has 0 aliphatic carbocycles. The van der Waals surface area contributed by atoms with Gasteiger partial charge in [-0.3, -0.25) is 0 Å². The quantitative estimate of drug-likeness (QED) is 0.813. The zero-order chi connectivity index (χ0) is 14.6. The highest BCUT2D eigenvalue weighted by molar-refractivity contribution is 5.40. The second kappa shape index (κ2) is 5.48. The van der Waals surface area contributed by atoms with Crippen LogP contribution in [0.4, 0.5) is 11.9 Å². The number of nitrogens with zero attached hydrogens (tertiary/aromatic N) is 7. The second-order valence-electron chi connectivity index (χ2n) is 4.30. The van der Waals surface area contributed by atoms with Crippen LogP contribution in [0.5, 0.6) is 0 Å². The van der Waals surface area contributed by atoms with Gasteiger partial charge in [0.15, 0.2) is 0 Å². The minimum Gasteiger partial charge on any atom is -0.357 e. The largest absolute Gasteiger partial charge is 0.357 e. The van der Waals surface area contributed by atoms with E-state index in [0.29, 0.717) is 24.3 Å². The van der Waals surface area contributed by atoms with E-state index in [1.165, 1.54) is 17.3 Å². The molecule has 0 aromatic carbocycles. The zero-order valence-corrected chi connectivity index (χ0v) is 11.5. The van der Waals surface area contributed by atoms with Gasteiger partial charge in [0.1, 0.15) is 18.2 Å². The standard InChI is InChI=1S/C11H15N9/c1-4-11(2,5-12)19-9-16-8(13-3)17-10(18-9)20-7-14-6-15-20/h6-7H,4H2,1-3H3,(H2,13,16,17,18,19). The molecular weight excluding hydrogens is 258 g/mol. The summed E-state index contributed by atoms with van der Waals surface area (Å²) in [4.78, 5) is 16.5. The third-order valence-corrected chi connectivity index (χ3v) is 2.81. The van der Waals surface area contributed by atoms with Crippen LogP contribution in [0.25, 0.3) is 5.95 Å². The van der Waals surface area contributed by atoms with E-state index in [2.05, 4.69) is 41.7 Å². The lowest BCUT2D eigenvalue weighted by Crippen LogP contribution is -2.33. The van der Waals surface area contributed by atoms with Gasteiger partial charge in [0.05, 0.1) is 6.07 Å². The predicted molar refractivity (Wildman–Crippen MR) is 72.2 cm³/mol. The van der Waals surface area contributed by atoms with Crippen LogP contribution in [0.1, 0.15) is 20.3 Å². The smallest absolute Gasteiger partial charge is 0.258 e. The van der Waals surface area contributed by atoms with E-state index in [9.17, 15) is 5.26 Å². The molecule has 0 spiro atoms. The van der Waals surface area contributed by atoms with Crippen LogP contribution in [-0.4, -0.2) is 42.3 Å². The topological polar surface area (TPSA) is 117 Å². The maximum absolute atomic E-state index is 9.20. The second-order valence-corrected chi connectivity index (χ2v) is 4.30. The van der Waals surface area contributed by atoms with Gasteiger partial charge in [0, 0.05) is 7.05 Å². The number of hydrogen-bond acceptors (Lipinski definition) is 8. The average Bonchev–Trinajstić information content (AvgIpc) is 3.01. The van der Waals surface area contributed by atoms with E-state index in [1.807, 2.05) is 6.92 Å². The Labute approximate surface area is 116 Å². The molecule has 2 aromatic heterocycles. The van der Waals surface area contributed by atoms with Gasteiger partial charge in [0.2, 0.25) is 11.9 Å². The average molecular weight is 273 g/mol. The fourth-order valence-corrected chi connectivity index (χ4v) is 1.39. The summed E-state index contributed by atoms with van der Waals surface area (Å²) < 4.78 is 1.42. The Balaban J connectivity index is 2.39. The first kappa shape index (κ1) is 13.7. The summed E-state index contributed by atoms with van der Waals surface area (Å²) >= 11 is 0. The van der Waals surface area contributed by atoms with Crippen molar-refractivity contribution in [2.75, 3.05) is 17.7 Å². The normalized spacial score (nSPS) is 13.3. The Hall–Kier alpha value is -2.76. The van der Waals surface area contributed by atoms with E-state index in [4.69, 9.17) is 0 Å². The number of nitrogens with one attached hydrogen (secondary N) is 2. The molecule has 2 heterocycles. The molecule has 0 aliphatic heterocycles. The van der Waals surface area contributed by atoms with Crippen molar-refractivity contribution < 1.29 is 0 Å². The Bertz CT molecular complexity index is 615. The monoisotopic (exact) mass is 273 g/mol. The Morgan fingerprint density at radius 1 is 1.35 bits per heavy atom. The minimum absolute atomic E-state index is 0.306. The molecule has 0 fully saturated rings. The molecule has 2 N–H and O–H groups in total. The summed E-state index contributed by atoms with van der Waals surface area (Å²) in [5, 5.41) is 19.0. The highest BCUT2D eigenvalue weighted by atomic mass is 15.4. The van der Waals surface area contributed by atoms with Crippen LogP contribution in [0, 0.1) is 11.3 Å². The zero-order valence-electron chi connectivity index (χ0n) is 11.5. The Kier molecular flexibility index (Phi) is 3.74. The van der Waals surface area contributed by atoms with E-state index in [0.717, 1.165) is 0 Å². The Morgan fingerprint density at radius 3 is 2.65 bits per heavy atom. The molecule has 2 aromatic rings.